The van der Waals surface area contributed by atoms with Crippen LogP contribution in [0.4, 0.5) is 0 Å². The lowest BCUT2D eigenvalue weighted by molar-refractivity contribution is 0.106. The summed E-state index contributed by atoms with van der Waals surface area (Å²) in [6, 6.07) is 6.72. The van der Waals surface area contributed by atoms with Gasteiger partial charge in [0.05, 0.1) is 11.0 Å². The van der Waals surface area contributed by atoms with Crippen LogP contribution in [0.15, 0.2) is 29.2 Å². The highest BCUT2D eigenvalue weighted by Crippen LogP contribution is 2.35. The lowest BCUT2D eigenvalue weighted by Crippen LogP contribution is -2.27. The highest BCUT2D eigenvalue weighted by Gasteiger charge is 2.29. The summed E-state index contributed by atoms with van der Waals surface area (Å²) in [4.78, 5) is 0.125. The van der Waals surface area contributed by atoms with Crippen LogP contribution in [0.1, 0.15) is 51.5 Å². The van der Waals surface area contributed by atoms with Crippen molar-refractivity contribution in [3.05, 3.63) is 29.8 Å². The van der Waals surface area contributed by atoms with Crippen LogP contribution in [0, 0.1) is 5.92 Å². The minimum Gasteiger partial charge on any atom is -0.392 e. The summed E-state index contributed by atoms with van der Waals surface area (Å²) >= 11 is 0. The fraction of sp³-hybridized carbons (Fsp3) is 0.600. The summed E-state index contributed by atoms with van der Waals surface area (Å²) in [5.74, 6) is -0.0334. The Labute approximate surface area is 122 Å². The lowest BCUT2D eigenvalue weighted by atomic mass is 9.80. The van der Waals surface area contributed by atoms with E-state index >= 15 is 0 Å². The molecule has 0 heterocycles. The first kappa shape index (κ1) is 17.1. The van der Waals surface area contributed by atoms with Gasteiger partial charge in [-0.05, 0) is 24.0 Å². The molecule has 0 fully saturated rings. The van der Waals surface area contributed by atoms with E-state index in [0.717, 1.165) is 12.8 Å². The summed E-state index contributed by atoms with van der Waals surface area (Å²) in [7, 11) is -3.78. The monoisotopic (exact) mass is 299 g/mol. The van der Waals surface area contributed by atoms with Crippen LogP contribution in [0.5, 0.6) is 0 Å². The Balaban J connectivity index is 3.34. The molecule has 114 valence electrons. The van der Waals surface area contributed by atoms with Crippen LogP contribution >= 0.6 is 0 Å². The Morgan fingerprint density at radius 1 is 1.25 bits per heavy atom. The zero-order valence-corrected chi connectivity index (χ0v) is 13.2. The van der Waals surface area contributed by atoms with Crippen LogP contribution in [-0.2, 0) is 10.0 Å². The number of nitrogens with two attached hydrogens (primary N) is 1. The second-order valence-corrected chi connectivity index (χ2v) is 6.88. The minimum absolute atomic E-state index is 0.125. The highest BCUT2D eigenvalue weighted by molar-refractivity contribution is 7.89. The average molecular weight is 299 g/mol. The number of aliphatic hydroxyl groups is 1. The second-order valence-electron chi connectivity index (χ2n) is 5.35. The molecule has 0 saturated heterocycles. The molecule has 0 aromatic heterocycles. The van der Waals surface area contributed by atoms with Crippen molar-refractivity contribution >= 4 is 10.0 Å². The van der Waals surface area contributed by atoms with Gasteiger partial charge in [-0.1, -0.05) is 51.8 Å². The van der Waals surface area contributed by atoms with E-state index in [2.05, 4.69) is 0 Å². The largest absolute Gasteiger partial charge is 0.392 e. The van der Waals surface area contributed by atoms with E-state index in [0.29, 0.717) is 12.0 Å². The molecule has 0 aliphatic rings. The van der Waals surface area contributed by atoms with E-state index in [1.165, 1.54) is 6.07 Å². The van der Waals surface area contributed by atoms with E-state index in [1.54, 1.807) is 18.2 Å². The topological polar surface area (TPSA) is 80.4 Å². The number of primary sulfonamides is 1. The molecule has 0 radical (unpaired) electrons. The first-order chi connectivity index (χ1) is 9.32. The molecule has 0 aliphatic carbocycles. The van der Waals surface area contributed by atoms with Gasteiger partial charge in [-0.25, -0.2) is 13.6 Å². The molecule has 1 aromatic rings. The van der Waals surface area contributed by atoms with Crippen molar-refractivity contribution in [2.75, 3.05) is 0 Å². The molecule has 3 atom stereocenters. The van der Waals surface area contributed by atoms with Gasteiger partial charge in [0, 0.05) is 5.92 Å². The summed E-state index contributed by atoms with van der Waals surface area (Å²) in [5.41, 5.74) is 0.630. The minimum atomic E-state index is -3.78. The lowest BCUT2D eigenvalue weighted by Gasteiger charge is -2.29. The van der Waals surface area contributed by atoms with Crippen molar-refractivity contribution in [1.29, 1.82) is 0 Å². The van der Waals surface area contributed by atoms with Crippen molar-refractivity contribution in [3.8, 4) is 0 Å². The summed E-state index contributed by atoms with van der Waals surface area (Å²) < 4.78 is 23.5. The van der Waals surface area contributed by atoms with Crippen LogP contribution in [0.25, 0.3) is 0 Å². The maximum atomic E-state index is 11.7. The van der Waals surface area contributed by atoms with Crippen LogP contribution in [0.3, 0.4) is 0 Å². The number of aliphatic hydroxyl groups excluding tert-OH is 1. The Hall–Kier alpha value is -0.910. The van der Waals surface area contributed by atoms with Crippen molar-refractivity contribution in [1.82, 2.24) is 0 Å². The third kappa shape index (κ3) is 4.04. The molecule has 3 unspecified atom stereocenters. The number of rotatable bonds is 7. The molecule has 0 spiro atoms. The van der Waals surface area contributed by atoms with Gasteiger partial charge in [-0.2, -0.15) is 0 Å². The van der Waals surface area contributed by atoms with Crippen molar-refractivity contribution in [2.24, 2.45) is 11.1 Å². The van der Waals surface area contributed by atoms with Gasteiger partial charge in [0.15, 0.2) is 0 Å². The fourth-order valence-electron chi connectivity index (χ4n) is 2.64. The Morgan fingerprint density at radius 3 is 2.35 bits per heavy atom. The van der Waals surface area contributed by atoms with Crippen molar-refractivity contribution in [3.63, 3.8) is 0 Å². The zero-order valence-electron chi connectivity index (χ0n) is 12.4. The van der Waals surface area contributed by atoms with E-state index in [-0.39, 0.29) is 16.7 Å². The predicted octanol–water partition coefficient (Wildman–Crippen LogP) is 2.62. The summed E-state index contributed by atoms with van der Waals surface area (Å²) in [6.07, 6.45) is 1.81. The normalized spacial score (nSPS) is 16.6. The van der Waals surface area contributed by atoms with Gasteiger partial charge in [0.25, 0.3) is 0 Å². The zero-order chi connectivity index (χ0) is 15.3. The quantitative estimate of drug-likeness (QED) is 0.812. The summed E-state index contributed by atoms with van der Waals surface area (Å²) in [5, 5.41) is 15.7. The maximum Gasteiger partial charge on any atom is 0.238 e. The first-order valence-corrected chi connectivity index (χ1v) is 8.67. The van der Waals surface area contributed by atoms with Crippen LogP contribution in [0.2, 0.25) is 0 Å². The molecule has 0 amide bonds. The highest BCUT2D eigenvalue weighted by atomic mass is 32.2. The Bertz CT molecular complexity index is 528. The van der Waals surface area contributed by atoms with Gasteiger partial charge in [-0.15, -0.1) is 0 Å². The maximum absolute atomic E-state index is 11.7. The van der Waals surface area contributed by atoms with Gasteiger partial charge < -0.3 is 5.11 Å². The Kier molecular flexibility index (Phi) is 6.17. The number of sulfonamides is 1. The van der Waals surface area contributed by atoms with Gasteiger partial charge >= 0.3 is 0 Å². The molecular weight excluding hydrogens is 274 g/mol. The fourth-order valence-corrected chi connectivity index (χ4v) is 3.44. The van der Waals surface area contributed by atoms with Crippen LogP contribution in [-0.4, -0.2) is 19.6 Å². The first-order valence-electron chi connectivity index (χ1n) is 7.12. The number of benzene rings is 1. The Morgan fingerprint density at radius 2 is 1.85 bits per heavy atom. The molecule has 5 heteroatoms. The van der Waals surface area contributed by atoms with Gasteiger partial charge in [0.1, 0.15) is 0 Å². The molecule has 3 N–H and O–H groups in total. The van der Waals surface area contributed by atoms with E-state index in [4.69, 9.17) is 5.14 Å². The number of hydrogen-bond donors (Lipinski definition) is 2. The third-order valence-corrected chi connectivity index (χ3v) is 4.83. The average Bonchev–Trinajstić information content (AvgIpc) is 2.38. The van der Waals surface area contributed by atoms with Gasteiger partial charge in [-0.3, -0.25) is 0 Å². The molecule has 0 saturated carbocycles. The van der Waals surface area contributed by atoms with E-state index in [1.807, 2.05) is 20.8 Å². The molecule has 1 aromatic carbocycles. The van der Waals surface area contributed by atoms with Gasteiger partial charge in [0.2, 0.25) is 10.0 Å². The van der Waals surface area contributed by atoms with Crippen molar-refractivity contribution in [2.45, 2.75) is 57.0 Å². The molecular formula is C15H25NO3S. The SMILES string of the molecule is CCCC(O)C(c1ccccc1S(N)(=O)=O)C(C)CC. The van der Waals surface area contributed by atoms with E-state index in [9.17, 15) is 13.5 Å². The standard InChI is InChI=1S/C15H25NO3S/c1-4-8-13(17)15(11(3)5-2)12-9-6-7-10-14(12)20(16,18)19/h6-7,9-11,13,15,17H,4-5,8H2,1-3H3,(H2,16,18,19). The molecule has 0 aliphatic heterocycles. The third-order valence-electron chi connectivity index (χ3n) is 3.84. The molecule has 20 heavy (non-hydrogen) atoms. The second kappa shape index (κ2) is 7.20. The smallest absolute Gasteiger partial charge is 0.238 e. The van der Waals surface area contributed by atoms with E-state index < -0.39 is 16.1 Å². The van der Waals surface area contributed by atoms with Crippen LogP contribution < -0.4 is 5.14 Å². The summed E-state index contributed by atoms with van der Waals surface area (Å²) in [6.45, 7) is 6.07. The molecule has 1 rings (SSSR count). The number of hydrogen-bond acceptors (Lipinski definition) is 3. The van der Waals surface area contributed by atoms with Crippen molar-refractivity contribution < 1.29 is 13.5 Å². The molecule has 0 bridgehead atoms. The molecule has 4 nitrogen and oxygen atoms in total. The predicted molar refractivity (Wildman–Crippen MR) is 80.9 cm³/mol.